The Morgan fingerprint density at radius 3 is 1.29 bits per heavy atom. The van der Waals surface area contributed by atoms with Crippen LogP contribution in [0.1, 0.15) is 0 Å². The second-order valence-electron chi connectivity index (χ2n) is 3.84. The third-order valence-electron chi connectivity index (χ3n) is 2.49. The van der Waals surface area contributed by atoms with E-state index in [1.54, 1.807) is 0 Å². The van der Waals surface area contributed by atoms with E-state index < -0.39 is 0 Å². The molecule has 0 unspecified atom stereocenters. The molecule has 0 aliphatic carbocycles. The van der Waals surface area contributed by atoms with Gasteiger partial charge in [0.15, 0.2) is 0 Å². The molecule has 0 heterocycles. The number of hydrogen-bond acceptors (Lipinski definition) is 5. The number of phenolic OH excluding ortho intramolecular Hbond substituents is 4. The molecule has 0 atom stereocenters. The van der Waals surface area contributed by atoms with Crippen molar-refractivity contribution in [3.8, 4) is 23.0 Å². The summed E-state index contributed by atoms with van der Waals surface area (Å²) in [6.07, 6.45) is 0. The summed E-state index contributed by atoms with van der Waals surface area (Å²) < 4.78 is 1.09. The Morgan fingerprint density at radius 1 is 0.619 bits per heavy atom. The molecule has 0 aromatic heterocycles. The van der Waals surface area contributed by atoms with Crippen LogP contribution in [-0.4, -0.2) is 20.4 Å². The van der Waals surface area contributed by atoms with Crippen LogP contribution >= 0.6 is 75.5 Å². The highest BCUT2D eigenvalue weighted by Gasteiger charge is 2.19. The SMILES string of the molecule is Oc1c(Br)cc(Sc2cc(Br)c(O)c(Br)c2O)c(O)c1Br. The number of benzene rings is 2. The Hall–Kier alpha value is -0.0900. The van der Waals surface area contributed by atoms with Crippen molar-refractivity contribution in [3.63, 3.8) is 0 Å². The summed E-state index contributed by atoms with van der Waals surface area (Å²) in [7, 11) is 0. The summed E-state index contributed by atoms with van der Waals surface area (Å²) in [5.41, 5.74) is 0. The number of rotatable bonds is 2. The number of hydrogen-bond donors (Lipinski definition) is 4. The largest absolute Gasteiger partial charge is 0.505 e. The van der Waals surface area contributed by atoms with Gasteiger partial charge in [-0.2, -0.15) is 0 Å². The average molecular weight is 566 g/mol. The fourth-order valence-corrected chi connectivity index (χ4v) is 5.22. The molecule has 4 N–H and O–H groups in total. The quantitative estimate of drug-likeness (QED) is 0.375. The highest BCUT2D eigenvalue weighted by Crippen LogP contribution is 2.51. The first-order valence-electron chi connectivity index (χ1n) is 5.21. The van der Waals surface area contributed by atoms with Crippen LogP contribution in [-0.2, 0) is 0 Å². The number of halogens is 4. The molecule has 0 saturated carbocycles. The Labute approximate surface area is 157 Å². The molecular weight excluding hydrogens is 560 g/mol. The lowest BCUT2D eigenvalue weighted by molar-refractivity contribution is 0.432. The van der Waals surface area contributed by atoms with Crippen LogP contribution in [0.5, 0.6) is 23.0 Å². The first kappa shape index (κ1) is 17.3. The highest BCUT2D eigenvalue weighted by molar-refractivity contribution is 9.11. The molecule has 2 aromatic rings. The standard InChI is InChI=1S/C12H6Br4O4S/c13-3-1-5(11(19)7(15)9(3)17)21-6-2-4(14)10(18)8(16)12(6)20/h1-2,17-20H. The Bertz CT molecular complexity index is 675. The van der Waals surface area contributed by atoms with Gasteiger partial charge in [0, 0.05) is 0 Å². The van der Waals surface area contributed by atoms with E-state index in [0.717, 1.165) is 11.8 Å². The van der Waals surface area contributed by atoms with Gasteiger partial charge in [0.2, 0.25) is 0 Å². The highest BCUT2D eigenvalue weighted by atomic mass is 79.9. The predicted molar refractivity (Wildman–Crippen MR) is 94.5 cm³/mol. The topological polar surface area (TPSA) is 80.9 Å². The minimum Gasteiger partial charge on any atom is -0.505 e. The van der Waals surface area contributed by atoms with E-state index in [1.165, 1.54) is 12.1 Å². The third-order valence-corrected chi connectivity index (χ3v) is 6.26. The summed E-state index contributed by atoms with van der Waals surface area (Å²) >= 11 is 13.6. The minimum absolute atomic E-state index is 0.117. The van der Waals surface area contributed by atoms with Crippen LogP contribution in [0.2, 0.25) is 0 Å². The summed E-state index contributed by atoms with van der Waals surface area (Å²) in [5, 5.41) is 39.5. The lowest BCUT2D eigenvalue weighted by Crippen LogP contribution is -1.83. The van der Waals surface area contributed by atoms with Crippen LogP contribution in [0.25, 0.3) is 0 Å². The van der Waals surface area contributed by atoms with Crippen LogP contribution < -0.4 is 0 Å². The van der Waals surface area contributed by atoms with Crippen molar-refractivity contribution < 1.29 is 20.4 Å². The molecular formula is C12H6Br4O4S. The zero-order valence-corrected chi connectivity index (χ0v) is 17.0. The van der Waals surface area contributed by atoms with Gasteiger partial charge >= 0.3 is 0 Å². The van der Waals surface area contributed by atoms with E-state index in [2.05, 4.69) is 63.7 Å². The normalized spacial score (nSPS) is 10.9. The first-order chi connectivity index (χ1) is 9.73. The Balaban J connectivity index is 2.54. The van der Waals surface area contributed by atoms with E-state index in [-0.39, 0.29) is 31.9 Å². The molecule has 0 aliphatic rings. The Kier molecular flexibility index (Phi) is 5.40. The van der Waals surface area contributed by atoms with Gasteiger partial charge in [-0.05, 0) is 75.9 Å². The molecule has 0 bridgehead atoms. The van der Waals surface area contributed by atoms with Gasteiger partial charge in [0.05, 0.1) is 18.7 Å². The molecule has 0 saturated heterocycles. The van der Waals surface area contributed by atoms with Crippen LogP contribution in [0.4, 0.5) is 0 Å². The van der Waals surface area contributed by atoms with E-state index in [0.29, 0.717) is 18.7 Å². The fourth-order valence-electron chi connectivity index (χ4n) is 1.43. The fraction of sp³-hybridized carbons (Fsp3) is 0. The van der Waals surface area contributed by atoms with E-state index in [9.17, 15) is 20.4 Å². The van der Waals surface area contributed by atoms with Crippen molar-refractivity contribution in [3.05, 3.63) is 30.0 Å². The maximum Gasteiger partial charge on any atom is 0.147 e. The van der Waals surface area contributed by atoms with E-state index in [1.807, 2.05) is 0 Å². The monoisotopic (exact) mass is 562 g/mol. The molecule has 0 radical (unpaired) electrons. The summed E-state index contributed by atoms with van der Waals surface area (Å²) in [5.74, 6) is -0.538. The minimum atomic E-state index is -0.152. The molecule has 21 heavy (non-hydrogen) atoms. The van der Waals surface area contributed by atoms with Crippen molar-refractivity contribution >= 4 is 75.5 Å². The summed E-state index contributed by atoms with van der Waals surface area (Å²) in [4.78, 5) is 0.817. The van der Waals surface area contributed by atoms with Crippen LogP contribution in [0, 0.1) is 0 Å². The van der Waals surface area contributed by atoms with Crippen molar-refractivity contribution in [2.75, 3.05) is 0 Å². The van der Waals surface area contributed by atoms with Gasteiger partial charge < -0.3 is 20.4 Å². The zero-order chi connectivity index (χ0) is 15.9. The van der Waals surface area contributed by atoms with Crippen molar-refractivity contribution in [1.82, 2.24) is 0 Å². The summed E-state index contributed by atoms with van der Waals surface area (Å²) in [6.45, 7) is 0. The molecule has 0 spiro atoms. The van der Waals surface area contributed by atoms with Gasteiger partial charge in [-0.15, -0.1) is 0 Å². The van der Waals surface area contributed by atoms with Gasteiger partial charge in [-0.25, -0.2) is 0 Å². The average Bonchev–Trinajstić information content (AvgIpc) is 2.45. The second kappa shape index (κ2) is 6.57. The lowest BCUT2D eigenvalue weighted by Gasteiger charge is -2.12. The molecule has 112 valence electrons. The van der Waals surface area contributed by atoms with Crippen LogP contribution in [0.15, 0.2) is 39.8 Å². The van der Waals surface area contributed by atoms with E-state index >= 15 is 0 Å². The molecule has 0 fully saturated rings. The molecule has 2 rings (SSSR count). The third kappa shape index (κ3) is 3.31. The number of aromatic hydroxyl groups is 4. The van der Waals surface area contributed by atoms with Crippen molar-refractivity contribution in [2.24, 2.45) is 0 Å². The van der Waals surface area contributed by atoms with E-state index in [4.69, 9.17) is 0 Å². The first-order valence-corrected chi connectivity index (χ1v) is 9.20. The molecule has 0 amide bonds. The predicted octanol–water partition coefficient (Wildman–Crippen LogP) is 5.71. The van der Waals surface area contributed by atoms with Gasteiger partial charge in [0.1, 0.15) is 31.9 Å². The van der Waals surface area contributed by atoms with Crippen LogP contribution in [0.3, 0.4) is 0 Å². The Morgan fingerprint density at radius 2 is 0.952 bits per heavy atom. The lowest BCUT2D eigenvalue weighted by atomic mass is 10.3. The maximum atomic E-state index is 10.0. The smallest absolute Gasteiger partial charge is 0.147 e. The molecule has 0 aliphatic heterocycles. The number of phenols is 4. The van der Waals surface area contributed by atoms with Gasteiger partial charge in [-0.3, -0.25) is 0 Å². The zero-order valence-electron chi connectivity index (χ0n) is 9.86. The van der Waals surface area contributed by atoms with Crippen molar-refractivity contribution in [1.29, 1.82) is 0 Å². The van der Waals surface area contributed by atoms with Gasteiger partial charge in [-0.1, -0.05) is 11.8 Å². The maximum absolute atomic E-state index is 10.0. The molecule has 9 heteroatoms. The molecule has 4 nitrogen and oxygen atoms in total. The summed E-state index contributed by atoms with van der Waals surface area (Å²) in [6, 6.07) is 3.04. The second-order valence-corrected chi connectivity index (χ2v) is 8.22. The van der Waals surface area contributed by atoms with Gasteiger partial charge in [0.25, 0.3) is 0 Å². The van der Waals surface area contributed by atoms with Crippen molar-refractivity contribution in [2.45, 2.75) is 9.79 Å². The molecule has 2 aromatic carbocycles.